The molecule has 5 atom stereocenters. The summed E-state index contributed by atoms with van der Waals surface area (Å²) in [6.07, 6.45) is 4.66. The van der Waals surface area contributed by atoms with Gasteiger partial charge in [-0.1, -0.05) is 29.6 Å². The number of hydrogen-bond donors (Lipinski definition) is 2. The van der Waals surface area contributed by atoms with Gasteiger partial charge in [0, 0.05) is 24.0 Å². The third-order valence-corrected chi connectivity index (χ3v) is 7.65. The predicted octanol–water partition coefficient (Wildman–Crippen LogP) is 2.92. The summed E-state index contributed by atoms with van der Waals surface area (Å²) in [5.74, 6) is -0.362. The Morgan fingerprint density at radius 2 is 2.09 bits per heavy atom. The first-order valence-electron chi connectivity index (χ1n) is 11.7. The van der Waals surface area contributed by atoms with Gasteiger partial charge in [-0.3, -0.25) is 14.4 Å². The average molecular weight is 507 g/mol. The molecule has 10 heteroatoms. The van der Waals surface area contributed by atoms with Crippen LogP contribution in [0, 0.1) is 29.1 Å². The maximum absolute atomic E-state index is 13.3. The molecule has 3 aliphatic rings. The highest BCUT2D eigenvalue weighted by Crippen LogP contribution is 2.42. The molecule has 2 N–H and O–H groups in total. The molecule has 0 unspecified atom stereocenters. The highest BCUT2D eigenvalue weighted by Gasteiger charge is 2.49. The fourth-order valence-electron chi connectivity index (χ4n) is 5.46. The highest BCUT2D eigenvalue weighted by atomic mass is 35.5. The number of carbonyl (C=O) groups is 3. The zero-order valence-corrected chi connectivity index (χ0v) is 20.3. The Labute approximate surface area is 208 Å². The molecule has 2 aliphatic heterocycles. The van der Waals surface area contributed by atoms with Crippen molar-refractivity contribution in [2.75, 3.05) is 19.7 Å². The first kappa shape index (κ1) is 24.6. The lowest BCUT2D eigenvalue weighted by molar-refractivity contribution is -0.141. The summed E-state index contributed by atoms with van der Waals surface area (Å²) in [6.45, 7) is 0.875. The van der Waals surface area contributed by atoms with Gasteiger partial charge in [0.2, 0.25) is 11.8 Å². The fraction of sp³-hybridized carbons (Fsp3) is 0.583. The Morgan fingerprint density at radius 1 is 1.26 bits per heavy atom. The van der Waals surface area contributed by atoms with Crippen LogP contribution in [-0.4, -0.2) is 54.4 Å². The number of benzene rings is 1. The molecular formula is C24H28Cl2N4O4. The van der Waals surface area contributed by atoms with Gasteiger partial charge in [0.15, 0.2) is 6.61 Å². The molecule has 1 saturated carbocycles. The molecule has 0 radical (unpaired) electrons. The summed E-state index contributed by atoms with van der Waals surface area (Å²) in [7, 11) is 0. The topological polar surface area (TPSA) is 112 Å². The van der Waals surface area contributed by atoms with Crippen LogP contribution in [-0.2, 0) is 14.4 Å². The average Bonchev–Trinajstić information content (AvgIpc) is 3.40. The molecular weight excluding hydrogens is 479 g/mol. The Bertz CT molecular complexity index is 998. The molecule has 4 rings (SSSR count). The number of piperidine rings is 1. The number of nitriles is 1. The zero-order chi connectivity index (χ0) is 24.2. The lowest BCUT2D eigenvalue weighted by Crippen LogP contribution is -2.52. The Morgan fingerprint density at radius 3 is 2.82 bits per heavy atom. The number of ether oxygens (including phenoxy) is 1. The molecule has 2 saturated heterocycles. The number of amides is 3. The van der Waals surface area contributed by atoms with Gasteiger partial charge < -0.3 is 20.3 Å². The number of halogens is 2. The number of nitrogens with zero attached hydrogens (tertiary/aromatic N) is 2. The minimum absolute atomic E-state index is 0.0559. The van der Waals surface area contributed by atoms with Crippen LogP contribution in [0.2, 0.25) is 10.0 Å². The van der Waals surface area contributed by atoms with Gasteiger partial charge in [-0.2, -0.15) is 5.26 Å². The molecule has 8 nitrogen and oxygen atoms in total. The van der Waals surface area contributed by atoms with E-state index >= 15 is 0 Å². The number of nitrogens with one attached hydrogen (secondary N) is 2. The van der Waals surface area contributed by atoms with Crippen molar-refractivity contribution >= 4 is 40.9 Å². The highest BCUT2D eigenvalue weighted by molar-refractivity contribution is 6.35. The van der Waals surface area contributed by atoms with Crippen LogP contribution in [0.4, 0.5) is 0 Å². The molecule has 182 valence electrons. The molecule has 3 fully saturated rings. The van der Waals surface area contributed by atoms with Crippen molar-refractivity contribution in [1.82, 2.24) is 15.5 Å². The van der Waals surface area contributed by atoms with E-state index in [0.29, 0.717) is 35.3 Å². The Kier molecular flexibility index (Phi) is 7.84. The second kappa shape index (κ2) is 10.8. The summed E-state index contributed by atoms with van der Waals surface area (Å²) >= 11 is 12.0. The SMILES string of the molecule is N#C[C@H](C[C@@H]1CCCNC1=O)NC(=O)[C@@H]1[C@H]2CCC[C@H]2CN1C(=O)COc1ccc(Cl)cc1Cl. The normalized spacial score (nSPS) is 26.9. The van der Waals surface area contributed by atoms with E-state index in [2.05, 4.69) is 16.7 Å². The second-order valence-corrected chi connectivity index (χ2v) is 10.1. The fourth-order valence-corrected chi connectivity index (χ4v) is 5.92. The van der Waals surface area contributed by atoms with Gasteiger partial charge >= 0.3 is 0 Å². The Balaban J connectivity index is 1.42. The minimum atomic E-state index is -0.789. The lowest BCUT2D eigenvalue weighted by Gasteiger charge is -2.29. The van der Waals surface area contributed by atoms with Crippen LogP contribution in [0.15, 0.2) is 18.2 Å². The number of fused-ring (bicyclic) bond motifs is 1. The quantitative estimate of drug-likeness (QED) is 0.590. The van der Waals surface area contributed by atoms with Gasteiger partial charge in [-0.25, -0.2) is 0 Å². The molecule has 1 aromatic rings. The minimum Gasteiger partial charge on any atom is -0.482 e. The molecule has 34 heavy (non-hydrogen) atoms. The summed E-state index contributed by atoms with van der Waals surface area (Å²) in [4.78, 5) is 40.1. The molecule has 0 bridgehead atoms. The molecule has 3 amide bonds. The van der Waals surface area contributed by atoms with Crippen LogP contribution in [0.5, 0.6) is 5.75 Å². The summed E-state index contributed by atoms with van der Waals surface area (Å²) < 4.78 is 5.62. The number of carbonyl (C=O) groups excluding carboxylic acids is 3. The first-order chi connectivity index (χ1) is 16.4. The lowest BCUT2D eigenvalue weighted by atomic mass is 9.91. The van der Waals surface area contributed by atoms with Crippen molar-refractivity contribution in [3.8, 4) is 11.8 Å². The van der Waals surface area contributed by atoms with E-state index in [1.807, 2.05) is 0 Å². The Hall–Kier alpha value is -2.50. The molecule has 0 spiro atoms. The summed E-state index contributed by atoms with van der Waals surface area (Å²) in [5, 5.41) is 16.0. The molecule has 1 aliphatic carbocycles. The van der Waals surface area contributed by atoms with Gasteiger partial charge in [0.25, 0.3) is 5.91 Å². The van der Waals surface area contributed by atoms with Crippen molar-refractivity contribution in [2.24, 2.45) is 17.8 Å². The molecule has 1 aromatic carbocycles. The maximum atomic E-state index is 13.3. The van der Waals surface area contributed by atoms with Crippen molar-refractivity contribution in [1.29, 1.82) is 5.26 Å². The van der Waals surface area contributed by atoms with Crippen LogP contribution >= 0.6 is 23.2 Å². The largest absolute Gasteiger partial charge is 0.482 e. The summed E-state index contributed by atoms with van der Waals surface area (Å²) in [6, 6.07) is 5.43. The van der Waals surface area contributed by atoms with E-state index in [4.69, 9.17) is 27.9 Å². The van der Waals surface area contributed by atoms with E-state index in [9.17, 15) is 19.6 Å². The standard InChI is InChI=1S/C24H28Cl2N4O4/c25-16-6-7-20(19(26)10-16)34-13-21(31)30-12-15-3-1-5-18(15)22(30)24(33)29-17(11-27)9-14-4-2-8-28-23(14)32/h6-7,10,14-15,17-18,22H,1-5,8-9,12-13H2,(H,28,32)(H,29,33)/t14-,15-,17-,18-,22-/m0/s1. The summed E-state index contributed by atoms with van der Waals surface area (Å²) in [5.41, 5.74) is 0. The monoisotopic (exact) mass is 506 g/mol. The van der Waals surface area contributed by atoms with E-state index in [-0.39, 0.29) is 48.5 Å². The van der Waals surface area contributed by atoms with Gasteiger partial charge in [-0.15, -0.1) is 0 Å². The van der Waals surface area contributed by atoms with E-state index < -0.39 is 12.1 Å². The smallest absolute Gasteiger partial charge is 0.261 e. The van der Waals surface area contributed by atoms with E-state index in [1.165, 1.54) is 6.07 Å². The van der Waals surface area contributed by atoms with Crippen LogP contribution in [0.3, 0.4) is 0 Å². The molecule has 0 aromatic heterocycles. The van der Waals surface area contributed by atoms with Gasteiger partial charge in [0.1, 0.15) is 17.8 Å². The van der Waals surface area contributed by atoms with Crippen LogP contribution < -0.4 is 15.4 Å². The first-order valence-corrected chi connectivity index (χ1v) is 12.5. The third-order valence-electron chi connectivity index (χ3n) is 7.12. The number of rotatable bonds is 7. The van der Waals surface area contributed by atoms with E-state index in [1.54, 1.807) is 17.0 Å². The van der Waals surface area contributed by atoms with Crippen molar-refractivity contribution < 1.29 is 19.1 Å². The number of likely N-dealkylation sites (tertiary alicyclic amines) is 1. The zero-order valence-electron chi connectivity index (χ0n) is 18.8. The van der Waals surface area contributed by atoms with Crippen molar-refractivity contribution in [3.63, 3.8) is 0 Å². The number of hydrogen-bond acceptors (Lipinski definition) is 5. The van der Waals surface area contributed by atoms with Crippen molar-refractivity contribution in [3.05, 3.63) is 28.2 Å². The third kappa shape index (κ3) is 5.42. The van der Waals surface area contributed by atoms with Crippen molar-refractivity contribution in [2.45, 2.75) is 50.6 Å². The van der Waals surface area contributed by atoms with Crippen LogP contribution in [0.1, 0.15) is 38.5 Å². The van der Waals surface area contributed by atoms with Crippen LogP contribution in [0.25, 0.3) is 0 Å². The maximum Gasteiger partial charge on any atom is 0.261 e. The second-order valence-electron chi connectivity index (χ2n) is 9.27. The van der Waals surface area contributed by atoms with Gasteiger partial charge in [-0.05, 0) is 62.1 Å². The van der Waals surface area contributed by atoms with E-state index in [0.717, 1.165) is 25.7 Å². The molecule has 2 heterocycles. The predicted molar refractivity (Wildman–Crippen MR) is 126 cm³/mol. The van der Waals surface area contributed by atoms with Gasteiger partial charge in [0.05, 0.1) is 11.1 Å².